The molecule has 1 aromatic rings. The first kappa shape index (κ1) is 19.2. The average molecular weight is 340 g/mol. The van der Waals surface area contributed by atoms with E-state index in [4.69, 9.17) is 4.74 Å². The van der Waals surface area contributed by atoms with Gasteiger partial charge in [0.15, 0.2) is 6.61 Å². The van der Waals surface area contributed by atoms with Crippen LogP contribution in [0.2, 0.25) is 0 Å². The minimum atomic E-state index is -0.605. The maximum Gasteiger partial charge on any atom is 0.341 e. The van der Waals surface area contributed by atoms with Crippen molar-refractivity contribution in [1.29, 1.82) is 0 Å². The third-order valence-electron chi connectivity index (χ3n) is 3.32. The lowest BCUT2D eigenvalue weighted by molar-refractivity contribution is -0.132. The highest BCUT2D eigenvalue weighted by atomic mass is 32.1. The van der Waals surface area contributed by atoms with Gasteiger partial charge in [0, 0.05) is 24.4 Å². The van der Waals surface area contributed by atoms with E-state index < -0.39 is 11.4 Å². The van der Waals surface area contributed by atoms with Gasteiger partial charge in [0.2, 0.25) is 5.91 Å². The lowest BCUT2D eigenvalue weighted by Gasteiger charge is -2.17. The summed E-state index contributed by atoms with van der Waals surface area (Å²) in [5.74, 6) is -1.09. The van der Waals surface area contributed by atoms with Crippen molar-refractivity contribution in [2.45, 2.75) is 34.6 Å². The number of nitrogens with one attached hydrogen (secondary N) is 1. The SMILES string of the molecule is Cc1sc(NC(=O)C(C)(C)C)c(C(=O)OCC(=O)N(C)C)c1C. The second-order valence-electron chi connectivity index (χ2n) is 6.56. The number of carbonyl (C=O) groups is 3. The zero-order valence-electron chi connectivity index (χ0n) is 14.7. The van der Waals surface area contributed by atoms with Crippen LogP contribution in [0.5, 0.6) is 0 Å². The molecule has 0 saturated carbocycles. The summed E-state index contributed by atoms with van der Waals surface area (Å²) in [6.45, 7) is 8.72. The summed E-state index contributed by atoms with van der Waals surface area (Å²) >= 11 is 1.33. The second-order valence-corrected chi connectivity index (χ2v) is 7.78. The monoisotopic (exact) mass is 340 g/mol. The van der Waals surface area contributed by atoms with E-state index in [1.54, 1.807) is 41.8 Å². The number of nitrogens with zero attached hydrogens (tertiary/aromatic N) is 1. The second kappa shape index (κ2) is 7.12. The number of anilines is 1. The fraction of sp³-hybridized carbons (Fsp3) is 0.562. The topological polar surface area (TPSA) is 75.7 Å². The Balaban J connectivity index is 3.00. The van der Waals surface area contributed by atoms with Crippen LogP contribution in [0.1, 0.15) is 41.6 Å². The number of ether oxygens (including phenoxy) is 1. The molecule has 2 amide bonds. The van der Waals surface area contributed by atoms with E-state index in [9.17, 15) is 14.4 Å². The lowest BCUT2D eigenvalue weighted by atomic mass is 9.96. The molecule has 0 radical (unpaired) electrons. The van der Waals surface area contributed by atoms with Crippen molar-refractivity contribution in [3.05, 3.63) is 16.0 Å². The number of likely N-dealkylation sites (N-methyl/N-ethyl adjacent to an activating group) is 1. The smallest absolute Gasteiger partial charge is 0.341 e. The van der Waals surface area contributed by atoms with Crippen molar-refractivity contribution < 1.29 is 19.1 Å². The fourth-order valence-corrected chi connectivity index (χ4v) is 2.62. The van der Waals surface area contributed by atoms with E-state index in [-0.39, 0.29) is 18.4 Å². The molecule has 0 aliphatic carbocycles. The number of rotatable bonds is 4. The van der Waals surface area contributed by atoms with Gasteiger partial charge in [-0.2, -0.15) is 0 Å². The Hall–Kier alpha value is -1.89. The van der Waals surface area contributed by atoms with Gasteiger partial charge in [-0.05, 0) is 19.4 Å². The Labute approximate surface area is 140 Å². The number of esters is 1. The van der Waals surface area contributed by atoms with Gasteiger partial charge in [-0.15, -0.1) is 11.3 Å². The Morgan fingerprint density at radius 3 is 2.22 bits per heavy atom. The third kappa shape index (κ3) is 4.79. The van der Waals surface area contributed by atoms with Gasteiger partial charge >= 0.3 is 5.97 Å². The predicted octanol–water partition coefficient (Wildman–Crippen LogP) is 2.59. The van der Waals surface area contributed by atoms with Crippen LogP contribution in [-0.2, 0) is 14.3 Å². The Morgan fingerprint density at radius 1 is 1.17 bits per heavy atom. The van der Waals surface area contributed by atoms with Gasteiger partial charge in [-0.3, -0.25) is 9.59 Å². The number of carbonyl (C=O) groups excluding carboxylic acids is 3. The minimum Gasteiger partial charge on any atom is -0.452 e. The van der Waals surface area contributed by atoms with Crippen LogP contribution in [0.15, 0.2) is 0 Å². The van der Waals surface area contributed by atoms with Crippen molar-refractivity contribution in [3.8, 4) is 0 Å². The zero-order chi connectivity index (χ0) is 17.9. The summed E-state index contributed by atoms with van der Waals surface area (Å²) in [5, 5.41) is 3.25. The molecule has 128 valence electrons. The third-order valence-corrected chi connectivity index (χ3v) is 4.45. The summed E-state index contributed by atoms with van der Waals surface area (Å²) < 4.78 is 5.08. The molecular weight excluding hydrogens is 316 g/mol. The summed E-state index contributed by atoms with van der Waals surface area (Å²) in [6.07, 6.45) is 0. The number of thiophene rings is 1. The first-order valence-electron chi connectivity index (χ1n) is 7.24. The summed E-state index contributed by atoms with van der Waals surface area (Å²) in [6, 6.07) is 0. The molecule has 1 heterocycles. The van der Waals surface area contributed by atoms with Crippen LogP contribution < -0.4 is 5.32 Å². The molecule has 0 atom stereocenters. The van der Waals surface area contributed by atoms with Gasteiger partial charge in [0.1, 0.15) is 5.00 Å². The van der Waals surface area contributed by atoms with Crippen molar-refractivity contribution in [1.82, 2.24) is 4.90 Å². The molecule has 23 heavy (non-hydrogen) atoms. The fourth-order valence-electron chi connectivity index (χ4n) is 1.58. The van der Waals surface area contributed by atoms with E-state index in [1.807, 2.05) is 6.92 Å². The summed E-state index contributed by atoms with van der Waals surface area (Å²) in [4.78, 5) is 38.3. The Kier molecular flexibility index (Phi) is 5.93. The first-order chi connectivity index (χ1) is 10.4. The van der Waals surface area contributed by atoms with Crippen LogP contribution >= 0.6 is 11.3 Å². The van der Waals surface area contributed by atoms with Gasteiger partial charge in [0.05, 0.1) is 5.56 Å². The Bertz CT molecular complexity index is 627. The summed E-state index contributed by atoms with van der Waals surface area (Å²) in [5.41, 5.74) is 0.492. The zero-order valence-corrected chi connectivity index (χ0v) is 15.5. The molecule has 0 aliphatic rings. The molecule has 0 aromatic carbocycles. The molecule has 0 aliphatic heterocycles. The van der Waals surface area contributed by atoms with Crippen molar-refractivity contribution in [2.24, 2.45) is 5.41 Å². The average Bonchev–Trinajstić information content (AvgIpc) is 2.69. The maximum atomic E-state index is 12.3. The van der Waals surface area contributed by atoms with Gasteiger partial charge in [-0.25, -0.2) is 4.79 Å². The minimum absolute atomic E-state index is 0.183. The quantitative estimate of drug-likeness (QED) is 0.855. The highest BCUT2D eigenvalue weighted by Crippen LogP contribution is 2.34. The molecule has 0 unspecified atom stereocenters. The number of aryl methyl sites for hydroxylation is 1. The lowest BCUT2D eigenvalue weighted by Crippen LogP contribution is -2.29. The standard InChI is InChI=1S/C16H24N2O4S/c1-9-10(2)23-13(17-15(21)16(3,4)5)12(9)14(20)22-8-11(19)18(6)7/h8H2,1-7H3,(H,17,21). The van der Waals surface area contributed by atoms with Crippen molar-refractivity contribution in [3.63, 3.8) is 0 Å². The first-order valence-corrected chi connectivity index (χ1v) is 8.05. The molecule has 1 N–H and O–H groups in total. The highest BCUT2D eigenvalue weighted by molar-refractivity contribution is 7.16. The van der Waals surface area contributed by atoms with Crippen LogP contribution in [0.25, 0.3) is 0 Å². The Morgan fingerprint density at radius 2 is 1.74 bits per heavy atom. The van der Waals surface area contributed by atoms with E-state index in [2.05, 4.69) is 5.32 Å². The number of hydrogen-bond acceptors (Lipinski definition) is 5. The van der Waals surface area contributed by atoms with Crippen LogP contribution in [0, 0.1) is 19.3 Å². The summed E-state index contributed by atoms with van der Waals surface area (Å²) in [7, 11) is 3.18. The van der Waals surface area contributed by atoms with Crippen molar-refractivity contribution in [2.75, 3.05) is 26.0 Å². The molecule has 0 spiro atoms. The number of hydrogen-bond donors (Lipinski definition) is 1. The van der Waals surface area contributed by atoms with Crippen LogP contribution in [-0.4, -0.2) is 43.4 Å². The predicted molar refractivity (Wildman–Crippen MR) is 90.9 cm³/mol. The molecule has 7 heteroatoms. The number of amides is 2. The molecule has 0 fully saturated rings. The van der Waals surface area contributed by atoms with Crippen LogP contribution in [0.3, 0.4) is 0 Å². The van der Waals surface area contributed by atoms with E-state index in [1.165, 1.54) is 16.2 Å². The van der Waals surface area contributed by atoms with Gasteiger partial charge < -0.3 is 15.0 Å². The van der Waals surface area contributed by atoms with E-state index in [0.717, 1.165) is 10.4 Å². The normalized spacial score (nSPS) is 11.1. The van der Waals surface area contributed by atoms with Gasteiger partial charge in [-0.1, -0.05) is 20.8 Å². The van der Waals surface area contributed by atoms with Crippen LogP contribution in [0.4, 0.5) is 5.00 Å². The largest absolute Gasteiger partial charge is 0.452 e. The molecular formula is C16H24N2O4S. The maximum absolute atomic E-state index is 12.3. The molecule has 0 saturated heterocycles. The molecule has 1 aromatic heterocycles. The molecule has 6 nitrogen and oxygen atoms in total. The molecule has 0 bridgehead atoms. The molecule has 1 rings (SSSR count). The van der Waals surface area contributed by atoms with E-state index >= 15 is 0 Å². The van der Waals surface area contributed by atoms with Crippen molar-refractivity contribution >= 4 is 34.1 Å². The van der Waals surface area contributed by atoms with Gasteiger partial charge in [0.25, 0.3) is 5.91 Å². The van der Waals surface area contributed by atoms with E-state index in [0.29, 0.717) is 10.6 Å². The highest BCUT2D eigenvalue weighted by Gasteiger charge is 2.27.